The third-order valence-corrected chi connectivity index (χ3v) is 7.17. The lowest BCUT2D eigenvalue weighted by molar-refractivity contribution is -0.0370. The molecule has 0 saturated carbocycles. The van der Waals surface area contributed by atoms with Crippen LogP contribution < -0.4 is 4.74 Å². The van der Waals surface area contributed by atoms with Crippen molar-refractivity contribution in [3.63, 3.8) is 0 Å². The Morgan fingerprint density at radius 3 is 2.74 bits per heavy atom. The Morgan fingerprint density at radius 2 is 2.16 bits per heavy atom. The van der Waals surface area contributed by atoms with Crippen LogP contribution in [0.25, 0.3) is 0 Å². The van der Waals surface area contributed by atoms with Gasteiger partial charge in [-0.25, -0.2) is 17.8 Å². The first-order chi connectivity index (χ1) is 14.5. The summed E-state index contributed by atoms with van der Waals surface area (Å²) in [6, 6.07) is 8.21. The maximum atomic E-state index is 14.0. The van der Waals surface area contributed by atoms with Crippen molar-refractivity contribution >= 4 is 21.6 Å². The molecule has 0 spiro atoms. The molecule has 1 fully saturated rings. The molecule has 31 heavy (non-hydrogen) atoms. The number of aromatic nitrogens is 1. The van der Waals surface area contributed by atoms with Gasteiger partial charge in [0.05, 0.1) is 17.1 Å². The fourth-order valence-corrected chi connectivity index (χ4v) is 4.93. The van der Waals surface area contributed by atoms with E-state index < -0.39 is 27.5 Å². The number of hydrogen-bond acceptors (Lipinski definition) is 6. The Hall–Kier alpha value is -2.25. The third kappa shape index (κ3) is 5.15. The number of sulfonamides is 1. The van der Waals surface area contributed by atoms with E-state index >= 15 is 0 Å². The molecule has 0 aliphatic carbocycles. The monoisotopic (exact) mass is 467 g/mol. The molecule has 166 valence electrons. The Bertz CT molecular complexity index is 1090. The summed E-state index contributed by atoms with van der Waals surface area (Å²) in [5, 5.41) is 20.3. The molecule has 1 N–H and O–H groups in total. The maximum Gasteiger partial charge on any atom is 0.260 e. The maximum absolute atomic E-state index is 14.0. The summed E-state index contributed by atoms with van der Waals surface area (Å²) in [6.45, 7) is 3.67. The van der Waals surface area contributed by atoms with Crippen LogP contribution in [0.3, 0.4) is 0 Å². The molecule has 1 aromatic carbocycles. The zero-order chi connectivity index (χ0) is 22.8. The lowest BCUT2D eigenvalue weighted by Crippen LogP contribution is -2.45. The molecule has 0 amide bonds. The predicted molar refractivity (Wildman–Crippen MR) is 113 cm³/mol. The first-order valence-electron chi connectivity index (χ1n) is 9.75. The highest BCUT2D eigenvalue weighted by atomic mass is 35.5. The number of aliphatic hydroxyl groups is 1. The number of nitrogens with zero attached hydrogens (tertiary/aromatic N) is 3. The highest BCUT2D eigenvalue weighted by Gasteiger charge is 2.51. The van der Waals surface area contributed by atoms with Crippen LogP contribution in [-0.2, 0) is 10.0 Å². The number of halogens is 2. The van der Waals surface area contributed by atoms with Gasteiger partial charge in [-0.15, -0.1) is 0 Å². The third-order valence-electron chi connectivity index (χ3n) is 5.22. The molecule has 1 aliphatic rings. The molecule has 1 saturated heterocycles. The molecule has 10 heteroatoms. The molecule has 0 radical (unpaired) electrons. The van der Waals surface area contributed by atoms with Crippen molar-refractivity contribution in [2.75, 3.05) is 13.1 Å². The Kier molecular flexibility index (Phi) is 6.86. The Labute approximate surface area is 186 Å². The molecular weight excluding hydrogens is 445 g/mol. The van der Waals surface area contributed by atoms with E-state index in [1.807, 2.05) is 13.8 Å². The average Bonchev–Trinajstić information content (AvgIpc) is 3.04. The topological polar surface area (TPSA) is 104 Å². The summed E-state index contributed by atoms with van der Waals surface area (Å²) in [6.07, 6.45) is 1.25. The van der Waals surface area contributed by atoms with E-state index in [2.05, 4.69) is 4.98 Å². The summed E-state index contributed by atoms with van der Waals surface area (Å²) < 4.78 is 47.1. The van der Waals surface area contributed by atoms with Crippen LogP contribution in [0.1, 0.15) is 32.3 Å². The summed E-state index contributed by atoms with van der Waals surface area (Å²) in [4.78, 5) is 3.89. The van der Waals surface area contributed by atoms with Gasteiger partial charge in [-0.3, -0.25) is 0 Å². The van der Waals surface area contributed by atoms with Gasteiger partial charge in [-0.05, 0) is 43.0 Å². The molecule has 0 bridgehead atoms. The van der Waals surface area contributed by atoms with Crippen molar-refractivity contribution in [1.82, 2.24) is 9.29 Å². The van der Waals surface area contributed by atoms with E-state index in [4.69, 9.17) is 21.6 Å². The van der Waals surface area contributed by atoms with Crippen molar-refractivity contribution in [1.29, 1.82) is 5.26 Å². The van der Waals surface area contributed by atoms with Gasteiger partial charge in [0.15, 0.2) is 5.03 Å². The van der Waals surface area contributed by atoms with E-state index in [9.17, 15) is 17.9 Å². The molecule has 7 nitrogen and oxygen atoms in total. The summed E-state index contributed by atoms with van der Waals surface area (Å²) in [5.74, 6) is -0.368. The second-order valence-corrected chi connectivity index (χ2v) is 10.3. The van der Waals surface area contributed by atoms with Gasteiger partial charge >= 0.3 is 0 Å². The largest absolute Gasteiger partial charge is 0.486 e. The first kappa shape index (κ1) is 23.4. The molecule has 1 unspecified atom stereocenters. The molecular formula is C21H23ClFN3O4S. The average molecular weight is 468 g/mol. The summed E-state index contributed by atoms with van der Waals surface area (Å²) >= 11 is 5.80. The molecule has 1 aliphatic heterocycles. The molecule has 2 atom stereocenters. The van der Waals surface area contributed by atoms with Gasteiger partial charge in [0.25, 0.3) is 10.0 Å². The van der Waals surface area contributed by atoms with Crippen LogP contribution in [0.15, 0.2) is 41.6 Å². The zero-order valence-corrected chi connectivity index (χ0v) is 18.7. The number of rotatable bonds is 7. The highest BCUT2D eigenvalue weighted by molar-refractivity contribution is 7.89. The van der Waals surface area contributed by atoms with E-state index in [1.165, 1.54) is 30.5 Å². The zero-order valence-electron chi connectivity index (χ0n) is 17.1. The number of nitriles is 1. The fourth-order valence-electron chi connectivity index (χ4n) is 3.41. The van der Waals surface area contributed by atoms with Gasteiger partial charge < -0.3 is 9.84 Å². The Morgan fingerprint density at radius 1 is 1.42 bits per heavy atom. The van der Waals surface area contributed by atoms with Gasteiger partial charge in [-0.1, -0.05) is 25.4 Å². The SMILES string of the molecule is CC(C)CC[C@]1(O)CN(S(=O)(=O)c2ccc(Cl)cn2)CC1Oc1ccc(C#N)c(F)c1. The van der Waals surface area contributed by atoms with Gasteiger partial charge in [0, 0.05) is 18.8 Å². The van der Waals surface area contributed by atoms with E-state index in [0.717, 1.165) is 10.4 Å². The van der Waals surface area contributed by atoms with Crippen molar-refractivity contribution in [3.05, 3.63) is 52.9 Å². The normalized spacial score (nSPS) is 21.9. The number of benzene rings is 1. The number of hydrogen-bond donors (Lipinski definition) is 1. The van der Waals surface area contributed by atoms with Gasteiger partial charge in [0.1, 0.15) is 29.3 Å². The number of pyridine rings is 1. The minimum Gasteiger partial charge on any atom is -0.486 e. The van der Waals surface area contributed by atoms with Crippen molar-refractivity contribution in [2.24, 2.45) is 5.92 Å². The molecule has 2 aromatic rings. The second-order valence-electron chi connectivity index (χ2n) is 8.01. The van der Waals surface area contributed by atoms with E-state index in [1.54, 1.807) is 6.07 Å². The van der Waals surface area contributed by atoms with Crippen LogP contribution in [0.4, 0.5) is 4.39 Å². The van der Waals surface area contributed by atoms with Gasteiger partial charge in [0.2, 0.25) is 0 Å². The summed E-state index contributed by atoms with van der Waals surface area (Å²) in [7, 11) is -4.00. The molecule has 1 aromatic heterocycles. The Balaban J connectivity index is 1.89. The highest BCUT2D eigenvalue weighted by Crippen LogP contribution is 2.34. The smallest absolute Gasteiger partial charge is 0.260 e. The lowest BCUT2D eigenvalue weighted by atomic mass is 9.91. The standard InChI is InChI=1S/C21H23ClFN3O4S/c1-14(2)7-8-21(27)13-26(31(28,29)20-6-4-16(22)11-25-20)12-19(21)30-17-5-3-15(10-24)18(23)9-17/h3-6,9,11,14,19,27H,7-8,12-13H2,1-2H3/t19?,21-/m0/s1. The van der Waals surface area contributed by atoms with E-state index in [-0.39, 0.29) is 35.3 Å². The molecule has 3 rings (SSSR count). The summed E-state index contributed by atoms with van der Waals surface area (Å²) in [5.41, 5.74) is -1.61. The van der Waals surface area contributed by atoms with Gasteiger partial charge in [-0.2, -0.15) is 9.57 Å². The van der Waals surface area contributed by atoms with Crippen LogP contribution in [0.2, 0.25) is 5.02 Å². The minimum absolute atomic E-state index is 0.105. The predicted octanol–water partition coefficient (Wildman–Crippen LogP) is 3.36. The van der Waals surface area contributed by atoms with Crippen molar-refractivity contribution in [3.8, 4) is 11.8 Å². The van der Waals surface area contributed by atoms with Crippen LogP contribution in [0.5, 0.6) is 5.75 Å². The first-order valence-corrected chi connectivity index (χ1v) is 11.6. The van der Waals surface area contributed by atoms with Crippen LogP contribution in [-0.4, -0.2) is 47.6 Å². The second kappa shape index (κ2) is 9.09. The quantitative estimate of drug-likeness (QED) is 0.669. The number of β-amino-alcohol motifs (C(OH)–C–C–N with tert-alkyl or cyclic N) is 1. The van der Waals surface area contributed by atoms with Crippen molar-refractivity contribution < 1.29 is 22.7 Å². The van der Waals surface area contributed by atoms with E-state index in [0.29, 0.717) is 17.9 Å². The van der Waals surface area contributed by atoms with Crippen molar-refractivity contribution in [2.45, 2.75) is 43.4 Å². The fraction of sp³-hybridized carbons (Fsp3) is 0.429. The van der Waals surface area contributed by atoms with Crippen LogP contribution in [0, 0.1) is 23.1 Å². The van der Waals surface area contributed by atoms with Crippen LogP contribution >= 0.6 is 11.6 Å². The lowest BCUT2D eigenvalue weighted by Gasteiger charge is -2.30. The number of ether oxygens (including phenoxy) is 1. The molecule has 2 heterocycles. The minimum atomic E-state index is -4.00.